The molecule has 64 valence electrons. The molecule has 0 saturated carbocycles. The Morgan fingerprint density at radius 1 is 0.909 bits per heavy atom. The lowest BCUT2D eigenvalue weighted by molar-refractivity contribution is -0.203. The van der Waals surface area contributed by atoms with Gasteiger partial charge in [0.05, 0.1) is 0 Å². The third-order valence-electron chi connectivity index (χ3n) is 2.17. The molecule has 11 heavy (non-hydrogen) atoms. The Hall–Kier alpha value is -0.660. The minimum Gasteiger partial charge on any atom is -0.456 e. The number of hydrogen-bond donors (Lipinski definition) is 0. The predicted molar refractivity (Wildman–Crippen MR) is 43.7 cm³/mol. The molecule has 1 aliphatic rings. The van der Waals surface area contributed by atoms with Gasteiger partial charge in [0.2, 0.25) is 0 Å². The SMILES string of the molecule is CC(C)C1(C(C)C)OC=CO1. The van der Waals surface area contributed by atoms with Crippen LogP contribution in [0.3, 0.4) is 0 Å². The van der Waals surface area contributed by atoms with Gasteiger partial charge in [-0.1, -0.05) is 27.7 Å². The molecule has 0 spiro atoms. The first-order valence-electron chi connectivity index (χ1n) is 4.10. The van der Waals surface area contributed by atoms with Gasteiger partial charge in [-0.25, -0.2) is 0 Å². The lowest BCUT2D eigenvalue weighted by atomic mass is 9.91. The van der Waals surface area contributed by atoms with Crippen LogP contribution in [-0.2, 0) is 9.47 Å². The molecule has 0 atom stereocenters. The molecule has 0 unspecified atom stereocenters. The molecule has 2 heteroatoms. The van der Waals surface area contributed by atoms with E-state index in [9.17, 15) is 0 Å². The second-order valence-electron chi connectivity index (χ2n) is 3.54. The van der Waals surface area contributed by atoms with Gasteiger partial charge in [0, 0.05) is 11.8 Å². The fraction of sp³-hybridized carbons (Fsp3) is 0.778. The third-order valence-corrected chi connectivity index (χ3v) is 2.17. The minimum absolute atomic E-state index is 0.373. The van der Waals surface area contributed by atoms with E-state index in [4.69, 9.17) is 9.47 Å². The molecular formula is C9H16O2. The number of rotatable bonds is 2. The maximum atomic E-state index is 5.46. The van der Waals surface area contributed by atoms with E-state index < -0.39 is 5.79 Å². The van der Waals surface area contributed by atoms with Crippen LogP contribution in [0.4, 0.5) is 0 Å². The van der Waals surface area contributed by atoms with Crippen LogP contribution in [0.1, 0.15) is 27.7 Å². The second kappa shape index (κ2) is 2.76. The molecule has 0 radical (unpaired) electrons. The molecule has 1 heterocycles. The van der Waals surface area contributed by atoms with E-state index in [0.29, 0.717) is 11.8 Å². The molecule has 0 saturated heterocycles. The van der Waals surface area contributed by atoms with Gasteiger partial charge in [-0.05, 0) is 0 Å². The van der Waals surface area contributed by atoms with Crippen molar-refractivity contribution in [1.29, 1.82) is 0 Å². The van der Waals surface area contributed by atoms with Gasteiger partial charge in [-0.2, -0.15) is 0 Å². The highest BCUT2D eigenvalue weighted by molar-refractivity contribution is 4.88. The highest BCUT2D eigenvalue weighted by atomic mass is 16.7. The molecule has 0 fully saturated rings. The summed E-state index contributed by atoms with van der Waals surface area (Å²) >= 11 is 0. The van der Waals surface area contributed by atoms with Crippen molar-refractivity contribution in [3.05, 3.63) is 12.5 Å². The summed E-state index contributed by atoms with van der Waals surface area (Å²) in [6, 6.07) is 0. The first kappa shape index (κ1) is 8.44. The van der Waals surface area contributed by atoms with Crippen molar-refractivity contribution >= 4 is 0 Å². The van der Waals surface area contributed by atoms with Gasteiger partial charge in [0.15, 0.2) is 0 Å². The Balaban J connectivity index is 2.73. The fourth-order valence-electron chi connectivity index (χ4n) is 1.51. The van der Waals surface area contributed by atoms with Crippen molar-refractivity contribution in [3.63, 3.8) is 0 Å². The lowest BCUT2D eigenvalue weighted by Gasteiger charge is -2.34. The lowest BCUT2D eigenvalue weighted by Crippen LogP contribution is -2.41. The Labute approximate surface area is 68.2 Å². The topological polar surface area (TPSA) is 18.5 Å². The molecule has 1 rings (SSSR count). The highest BCUT2D eigenvalue weighted by Crippen LogP contribution is 2.35. The predicted octanol–water partition coefficient (Wildman–Crippen LogP) is 2.51. The van der Waals surface area contributed by atoms with Gasteiger partial charge in [-0.15, -0.1) is 0 Å². The summed E-state index contributed by atoms with van der Waals surface area (Å²) in [6.45, 7) is 8.42. The molecular weight excluding hydrogens is 140 g/mol. The first-order valence-corrected chi connectivity index (χ1v) is 4.10. The molecule has 2 nitrogen and oxygen atoms in total. The normalized spacial score (nSPS) is 20.5. The van der Waals surface area contributed by atoms with Crippen LogP contribution in [0.25, 0.3) is 0 Å². The van der Waals surface area contributed by atoms with E-state index >= 15 is 0 Å². The quantitative estimate of drug-likeness (QED) is 0.611. The van der Waals surface area contributed by atoms with E-state index in [2.05, 4.69) is 27.7 Å². The summed E-state index contributed by atoms with van der Waals surface area (Å²) in [7, 11) is 0. The molecule has 0 N–H and O–H groups in total. The van der Waals surface area contributed by atoms with Crippen LogP contribution in [0.5, 0.6) is 0 Å². The summed E-state index contributed by atoms with van der Waals surface area (Å²) < 4.78 is 10.9. The minimum atomic E-state index is -0.417. The van der Waals surface area contributed by atoms with Crippen LogP contribution in [0.2, 0.25) is 0 Å². The number of hydrogen-bond acceptors (Lipinski definition) is 2. The van der Waals surface area contributed by atoms with Crippen molar-refractivity contribution in [2.24, 2.45) is 11.8 Å². The van der Waals surface area contributed by atoms with E-state index in [1.165, 1.54) is 0 Å². The molecule has 0 amide bonds. The van der Waals surface area contributed by atoms with Gasteiger partial charge in [0.1, 0.15) is 12.5 Å². The van der Waals surface area contributed by atoms with E-state index in [1.54, 1.807) is 12.5 Å². The summed E-state index contributed by atoms with van der Waals surface area (Å²) in [5, 5.41) is 0. The maximum absolute atomic E-state index is 5.46. The van der Waals surface area contributed by atoms with Crippen LogP contribution in [0.15, 0.2) is 12.5 Å². The standard InChI is InChI=1S/C9H16O2/c1-7(2)9(8(3)4)10-5-6-11-9/h5-8H,1-4H3. The smallest absolute Gasteiger partial charge is 0.254 e. The second-order valence-corrected chi connectivity index (χ2v) is 3.54. The summed E-state index contributed by atoms with van der Waals surface area (Å²) in [5.41, 5.74) is 0. The Morgan fingerprint density at radius 2 is 1.27 bits per heavy atom. The largest absolute Gasteiger partial charge is 0.456 e. The maximum Gasteiger partial charge on any atom is 0.254 e. The van der Waals surface area contributed by atoms with E-state index in [-0.39, 0.29) is 0 Å². The molecule has 0 aliphatic carbocycles. The van der Waals surface area contributed by atoms with E-state index in [1.807, 2.05) is 0 Å². The Bertz CT molecular complexity index is 141. The molecule has 0 aromatic rings. The molecule has 0 aromatic carbocycles. The van der Waals surface area contributed by atoms with Crippen LogP contribution in [-0.4, -0.2) is 5.79 Å². The molecule has 1 aliphatic heterocycles. The van der Waals surface area contributed by atoms with Crippen molar-refractivity contribution in [2.45, 2.75) is 33.5 Å². The number of ether oxygens (including phenoxy) is 2. The zero-order valence-electron chi connectivity index (χ0n) is 7.63. The Morgan fingerprint density at radius 3 is 1.45 bits per heavy atom. The van der Waals surface area contributed by atoms with Crippen LogP contribution in [0, 0.1) is 11.8 Å². The zero-order chi connectivity index (χ0) is 8.48. The monoisotopic (exact) mass is 156 g/mol. The van der Waals surface area contributed by atoms with Gasteiger partial charge in [-0.3, -0.25) is 0 Å². The average Bonchev–Trinajstić information content (AvgIpc) is 2.34. The van der Waals surface area contributed by atoms with E-state index in [0.717, 1.165) is 0 Å². The van der Waals surface area contributed by atoms with Crippen molar-refractivity contribution in [2.75, 3.05) is 0 Å². The molecule has 0 bridgehead atoms. The summed E-state index contributed by atoms with van der Waals surface area (Å²) in [6.07, 6.45) is 3.25. The highest BCUT2D eigenvalue weighted by Gasteiger charge is 2.42. The van der Waals surface area contributed by atoms with Crippen LogP contribution < -0.4 is 0 Å². The van der Waals surface area contributed by atoms with Gasteiger partial charge in [0.25, 0.3) is 5.79 Å². The summed E-state index contributed by atoms with van der Waals surface area (Å²) in [4.78, 5) is 0. The average molecular weight is 156 g/mol. The Kier molecular flexibility index (Phi) is 2.12. The van der Waals surface area contributed by atoms with Crippen molar-refractivity contribution < 1.29 is 9.47 Å². The van der Waals surface area contributed by atoms with Gasteiger partial charge < -0.3 is 9.47 Å². The van der Waals surface area contributed by atoms with Gasteiger partial charge >= 0.3 is 0 Å². The van der Waals surface area contributed by atoms with Crippen LogP contribution >= 0.6 is 0 Å². The first-order chi connectivity index (χ1) is 5.09. The third kappa shape index (κ3) is 1.22. The summed E-state index contributed by atoms with van der Waals surface area (Å²) in [5.74, 6) is 0.329. The zero-order valence-corrected chi connectivity index (χ0v) is 7.63. The van der Waals surface area contributed by atoms with Crippen molar-refractivity contribution in [3.8, 4) is 0 Å². The molecule has 0 aromatic heterocycles. The van der Waals surface area contributed by atoms with Crippen molar-refractivity contribution in [1.82, 2.24) is 0 Å². The fourth-order valence-corrected chi connectivity index (χ4v) is 1.51.